The molecule has 5 nitrogen and oxygen atoms in total. The van der Waals surface area contributed by atoms with Crippen molar-refractivity contribution in [2.24, 2.45) is 0 Å². The van der Waals surface area contributed by atoms with E-state index in [0.29, 0.717) is 23.6 Å². The third-order valence-corrected chi connectivity index (χ3v) is 5.89. The van der Waals surface area contributed by atoms with Crippen molar-refractivity contribution in [2.45, 2.75) is 13.0 Å². The summed E-state index contributed by atoms with van der Waals surface area (Å²) in [4.78, 5) is 14.7. The summed E-state index contributed by atoms with van der Waals surface area (Å²) >= 11 is 3.37. The van der Waals surface area contributed by atoms with Crippen LogP contribution in [-0.4, -0.2) is 32.7 Å². The Balaban J connectivity index is 1.95. The van der Waals surface area contributed by atoms with Crippen molar-refractivity contribution in [3.63, 3.8) is 0 Å². The summed E-state index contributed by atoms with van der Waals surface area (Å²) in [5, 5.41) is 1.18. The third-order valence-electron chi connectivity index (χ3n) is 3.98. The van der Waals surface area contributed by atoms with Gasteiger partial charge in [0.05, 0.1) is 18.4 Å². The van der Waals surface area contributed by atoms with E-state index < -0.39 is 15.9 Å². The molecule has 7 heteroatoms. The lowest BCUT2D eigenvalue weighted by atomic mass is 10.1. The van der Waals surface area contributed by atoms with Gasteiger partial charge in [0.2, 0.25) is 0 Å². The van der Waals surface area contributed by atoms with Gasteiger partial charge in [-0.1, -0.05) is 15.9 Å². The average Bonchev–Trinajstić information content (AvgIpc) is 2.97. The van der Waals surface area contributed by atoms with Crippen molar-refractivity contribution in [3.8, 4) is 5.75 Å². The highest BCUT2D eigenvalue weighted by Gasteiger charge is 2.32. The number of rotatable bonds is 5. The van der Waals surface area contributed by atoms with Crippen molar-refractivity contribution in [2.75, 3.05) is 17.3 Å². The summed E-state index contributed by atoms with van der Waals surface area (Å²) in [7, 11) is -3.29. The molecule has 0 saturated heterocycles. The van der Waals surface area contributed by atoms with Gasteiger partial charge in [-0.25, -0.2) is 8.42 Å². The molecule has 0 saturated carbocycles. The van der Waals surface area contributed by atoms with Crippen LogP contribution in [0.2, 0.25) is 0 Å². The predicted molar refractivity (Wildman–Crippen MR) is 105 cm³/mol. The molecule has 2 aromatic rings. The highest BCUT2D eigenvalue weighted by molar-refractivity contribution is 9.10. The minimum atomic E-state index is -3.29. The molecule has 1 aliphatic heterocycles. The topological polar surface area (TPSA) is 63.7 Å². The molecule has 3 rings (SSSR count). The lowest BCUT2D eigenvalue weighted by Crippen LogP contribution is -2.41. The molecule has 0 fully saturated rings. The third kappa shape index (κ3) is 4.16. The van der Waals surface area contributed by atoms with Crippen LogP contribution in [0.5, 0.6) is 5.75 Å². The van der Waals surface area contributed by atoms with E-state index in [1.165, 1.54) is 10.3 Å². The van der Waals surface area contributed by atoms with Crippen molar-refractivity contribution < 1.29 is 17.9 Å². The maximum atomic E-state index is 13.1. The summed E-state index contributed by atoms with van der Waals surface area (Å²) < 4.78 is 30.0. The zero-order valence-electron chi connectivity index (χ0n) is 14.1. The first kappa shape index (κ1) is 18.7. The van der Waals surface area contributed by atoms with Gasteiger partial charge in [-0.15, -0.1) is 0 Å². The van der Waals surface area contributed by atoms with Gasteiger partial charge in [-0.3, -0.25) is 4.79 Å². The molecular formula is C19H18BrNO4S. The zero-order chi connectivity index (χ0) is 18.7. The molecule has 0 unspecified atom stereocenters. The number of sulfone groups is 1. The Bertz CT molecular complexity index is 921. The lowest BCUT2D eigenvalue weighted by Gasteiger charge is -2.28. The molecule has 136 valence electrons. The Morgan fingerprint density at radius 1 is 1.15 bits per heavy atom. The molecule has 0 spiro atoms. The highest BCUT2D eigenvalue weighted by atomic mass is 79.9. The number of ether oxygens (including phenoxy) is 1. The largest absolute Gasteiger partial charge is 0.494 e. The van der Waals surface area contributed by atoms with Crippen LogP contribution in [0.3, 0.4) is 0 Å². The van der Waals surface area contributed by atoms with Crippen LogP contribution < -0.4 is 9.64 Å². The van der Waals surface area contributed by atoms with E-state index in [4.69, 9.17) is 4.74 Å². The Labute approximate surface area is 161 Å². The number of carbonyl (C=O) groups excluding carboxylic acids is 1. The number of hydrogen-bond donors (Lipinski definition) is 0. The summed E-state index contributed by atoms with van der Waals surface area (Å²) in [6, 6.07) is 13.5. The number of amides is 1. The minimum absolute atomic E-state index is 0.119. The normalized spacial score (nSPS) is 17.8. The first-order chi connectivity index (χ1) is 12.4. The SMILES string of the molecule is CCOc1ccc(C(=O)N(c2ccc(Br)cc2)[C@@H]2C=CS(=O)(=O)C2)cc1. The molecule has 1 atom stereocenters. The molecule has 0 bridgehead atoms. The summed E-state index contributed by atoms with van der Waals surface area (Å²) in [6.45, 7) is 2.43. The number of anilines is 1. The summed E-state index contributed by atoms with van der Waals surface area (Å²) in [5.74, 6) is 0.302. The Morgan fingerprint density at radius 2 is 1.81 bits per heavy atom. The maximum Gasteiger partial charge on any atom is 0.258 e. The molecule has 1 heterocycles. The maximum absolute atomic E-state index is 13.1. The molecule has 0 radical (unpaired) electrons. The van der Waals surface area contributed by atoms with Crippen molar-refractivity contribution in [1.82, 2.24) is 0 Å². The monoisotopic (exact) mass is 435 g/mol. The quantitative estimate of drug-likeness (QED) is 0.715. The number of carbonyl (C=O) groups is 1. The van der Waals surface area contributed by atoms with E-state index >= 15 is 0 Å². The van der Waals surface area contributed by atoms with Crippen molar-refractivity contribution in [3.05, 3.63) is 70.1 Å². The molecule has 0 aromatic heterocycles. The fourth-order valence-electron chi connectivity index (χ4n) is 2.78. The van der Waals surface area contributed by atoms with Gasteiger partial charge in [-0.05, 0) is 61.5 Å². The molecule has 0 aliphatic carbocycles. The number of benzene rings is 2. The van der Waals surface area contributed by atoms with Gasteiger partial charge in [0, 0.05) is 21.1 Å². The second kappa shape index (κ2) is 7.63. The van der Waals surface area contributed by atoms with Crippen LogP contribution in [0.1, 0.15) is 17.3 Å². The molecule has 0 N–H and O–H groups in total. The van der Waals surface area contributed by atoms with Crippen LogP contribution in [-0.2, 0) is 9.84 Å². The number of halogens is 1. The molecular weight excluding hydrogens is 418 g/mol. The van der Waals surface area contributed by atoms with Gasteiger partial charge in [0.15, 0.2) is 9.84 Å². The first-order valence-corrected chi connectivity index (χ1v) is 10.6. The molecule has 26 heavy (non-hydrogen) atoms. The van der Waals surface area contributed by atoms with E-state index in [1.807, 2.05) is 19.1 Å². The minimum Gasteiger partial charge on any atom is -0.494 e. The van der Waals surface area contributed by atoms with Gasteiger partial charge in [0.1, 0.15) is 5.75 Å². The van der Waals surface area contributed by atoms with E-state index in [-0.39, 0.29) is 11.7 Å². The van der Waals surface area contributed by atoms with Gasteiger partial charge >= 0.3 is 0 Å². The van der Waals surface area contributed by atoms with Crippen LogP contribution >= 0.6 is 15.9 Å². The predicted octanol–water partition coefficient (Wildman–Crippen LogP) is 3.81. The van der Waals surface area contributed by atoms with E-state index in [2.05, 4.69) is 15.9 Å². The van der Waals surface area contributed by atoms with Crippen LogP contribution in [0.15, 0.2) is 64.5 Å². The van der Waals surface area contributed by atoms with E-state index in [0.717, 1.165) is 4.47 Å². The van der Waals surface area contributed by atoms with Gasteiger partial charge in [0.25, 0.3) is 5.91 Å². The standard InChI is InChI=1S/C19H18BrNO4S/c1-2-25-18-9-3-14(4-10-18)19(22)21(16-7-5-15(20)6-8-16)17-11-12-26(23,24)13-17/h3-12,17H,2,13H2,1H3/t17-/m1/s1. The summed E-state index contributed by atoms with van der Waals surface area (Å²) in [6.07, 6.45) is 1.56. The van der Waals surface area contributed by atoms with Crippen molar-refractivity contribution >= 4 is 37.4 Å². The fourth-order valence-corrected chi connectivity index (χ4v) is 4.31. The number of nitrogens with zero attached hydrogens (tertiary/aromatic N) is 1. The van der Waals surface area contributed by atoms with Crippen molar-refractivity contribution in [1.29, 1.82) is 0 Å². The molecule has 2 aromatic carbocycles. The zero-order valence-corrected chi connectivity index (χ0v) is 16.5. The Morgan fingerprint density at radius 3 is 2.35 bits per heavy atom. The van der Waals surface area contributed by atoms with Crippen LogP contribution in [0, 0.1) is 0 Å². The van der Waals surface area contributed by atoms with Gasteiger partial charge < -0.3 is 9.64 Å². The fraction of sp³-hybridized carbons (Fsp3) is 0.211. The Kier molecular flexibility index (Phi) is 5.48. The van der Waals surface area contributed by atoms with E-state index in [1.54, 1.807) is 42.5 Å². The van der Waals surface area contributed by atoms with Crippen LogP contribution in [0.25, 0.3) is 0 Å². The first-order valence-electron chi connectivity index (χ1n) is 8.12. The highest BCUT2D eigenvalue weighted by Crippen LogP contribution is 2.27. The molecule has 1 amide bonds. The van der Waals surface area contributed by atoms with E-state index in [9.17, 15) is 13.2 Å². The average molecular weight is 436 g/mol. The second-order valence-electron chi connectivity index (χ2n) is 5.83. The number of hydrogen-bond acceptors (Lipinski definition) is 4. The summed E-state index contributed by atoms with van der Waals surface area (Å²) in [5.41, 5.74) is 1.10. The lowest BCUT2D eigenvalue weighted by molar-refractivity contribution is 0.0983. The molecule has 1 aliphatic rings. The Hall–Kier alpha value is -2.12. The van der Waals surface area contributed by atoms with Gasteiger partial charge in [-0.2, -0.15) is 0 Å². The van der Waals surface area contributed by atoms with Crippen LogP contribution in [0.4, 0.5) is 5.69 Å². The smallest absolute Gasteiger partial charge is 0.258 e. The second-order valence-corrected chi connectivity index (χ2v) is 8.68.